The Hall–Kier alpha value is -1.53. The second kappa shape index (κ2) is 4.54. The summed E-state index contributed by atoms with van der Waals surface area (Å²) in [6, 6.07) is 7.41. The predicted molar refractivity (Wildman–Crippen MR) is 66.2 cm³/mol. The molecule has 0 unspecified atom stereocenters. The van der Waals surface area contributed by atoms with Gasteiger partial charge in [-0.3, -0.25) is 0 Å². The quantitative estimate of drug-likeness (QED) is 0.715. The van der Waals surface area contributed by atoms with E-state index in [1.165, 1.54) is 0 Å². The molecule has 0 atom stereocenters. The lowest BCUT2D eigenvalue weighted by Crippen LogP contribution is -2.03. The van der Waals surface area contributed by atoms with Crippen molar-refractivity contribution in [3.8, 4) is 0 Å². The van der Waals surface area contributed by atoms with E-state index in [0.29, 0.717) is 5.95 Å². The minimum Gasteiger partial charge on any atom is -0.368 e. The van der Waals surface area contributed by atoms with Crippen molar-refractivity contribution >= 4 is 41.8 Å². The van der Waals surface area contributed by atoms with Gasteiger partial charge in [0.2, 0.25) is 17.2 Å². The van der Waals surface area contributed by atoms with Crippen LogP contribution in [0.5, 0.6) is 0 Å². The van der Waals surface area contributed by atoms with Crippen LogP contribution < -0.4 is 11.1 Å². The summed E-state index contributed by atoms with van der Waals surface area (Å²) >= 11 is 9.87. The lowest BCUT2D eigenvalue weighted by atomic mass is 10.3. The summed E-state index contributed by atoms with van der Waals surface area (Å²) in [4.78, 5) is 12.3. The molecule has 0 saturated carbocycles. The number of hydrogen-bond acceptors (Lipinski definition) is 6. The predicted octanol–water partition coefficient (Wildman–Crippen LogP) is 2.14. The van der Waals surface area contributed by atoms with Crippen molar-refractivity contribution in [3.05, 3.63) is 29.5 Å². The smallest absolute Gasteiger partial charge is 0.233 e. The van der Waals surface area contributed by atoms with Crippen molar-refractivity contribution in [1.29, 1.82) is 0 Å². The lowest BCUT2D eigenvalue weighted by molar-refractivity contribution is 1.07. The van der Waals surface area contributed by atoms with Gasteiger partial charge >= 0.3 is 0 Å². The number of halogens is 1. The summed E-state index contributed by atoms with van der Waals surface area (Å²) in [5.41, 5.74) is 6.24. The Morgan fingerprint density at radius 3 is 2.75 bits per heavy atom. The summed E-state index contributed by atoms with van der Waals surface area (Å²) in [7, 11) is 0. The van der Waals surface area contributed by atoms with Crippen molar-refractivity contribution in [2.24, 2.45) is 0 Å². The van der Waals surface area contributed by atoms with Crippen LogP contribution in [-0.2, 0) is 0 Å². The number of nitrogens with two attached hydrogens (primary N) is 1. The number of nitrogens with zero attached hydrogens (tertiary/aromatic N) is 3. The van der Waals surface area contributed by atoms with E-state index < -0.39 is 0 Å². The van der Waals surface area contributed by atoms with Crippen LogP contribution in [0.2, 0.25) is 5.28 Å². The maximum absolute atomic E-state index is 5.65. The van der Waals surface area contributed by atoms with Gasteiger partial charge in [-0.15, -0.1) is 12.6 Å². The Kier molecular flexibility index (Phi) is 3.12. The van der Waals surface area contributed by atoms with E-state index >= 15 is 0 Å². The third-order valence-corrected chi connectivity index (χ3v) is 2.17. The molecular formula is C9H8ClN5S. The molecule has 1 heterocycles. The maximum Gasteiger partial charge on any atom is 0.233 e. The Balaban J connectivity index is 2.27. The zero-order chi connectivity index (χ0) is 11.5. The normalized spacial score (nSPS) is 10.1. The molecule has 2 rings (SSSR count). The van der Waals surface area contributed by atoms with E-state index in [9.17, 15) is 0 Å². The largest absolute Gasteiger partial charge is 0.368 e. The van der Waals surface area contributed by atoms with Gasteiger partial charge in [-0.1, -0.05) is 6.07 Å². The van der Waals surface area contributed by atoms with Gasteiger partial charge in [-0.2, -0.15) is 15.0 Å². The fourth-order valence-electron chi connectivity index (χ4n) is 1.13. The molecule has 7 heteroatoms. The first-order chi connectivity index (χ1) is 7.63. The standard InChI is InChI=1S/C9H8ClN5S/c10-7-13-8(11)15-9(14-7)12-5-2-1-3-6(16)4-5/h1-4,16H,(H3,11,12,13,14,15). The first-order valence-corrected chi connectivity index (χ1v) is 5.19. The van der Waals surface area contributed by atoms with Crippen LogP contribution in [0.15, 0.2) is 29.2 Å². The molecule has 0 bridgehead atoms. The minimum absolute atomic E-state index is 0.0528. The molecule has 0 fully saturated rings. The number of nitrogens with one attached hydrogen (secondary N) is 1. The summed E-state index contributed by atoms with van der Waals surface area (Å²) in [6.45, 7) is 0. The highest BCUT2D eigenvalue weighted by molar-refractivity contribution is 7.80. The number of aromatic nitrogens is 3. The van der Waals surface area contributed by atoms with Gasteiger partial charge < -0.3 is 11.1 Å². The van der Waals surface area contributed by atoms with Gasteiger partial charge in [0.05, 0.1) is 0 Å². The Labute approximate surface area is 102 Å². The molecule has 0 aliphatic carbocycles. The number of benzene rings is 1. The number of hydrogen-bond donors (Lipinski definition) is 3. The number of thiol groups is 1. The van der Waals surface area contributed by atoms with Crippen LogP contribution in [0.4, 0.5) is 17.6 Å². The Morgan fingerprint density at radius 1 is 1.25 bits per heavy atom. The molecule has 16 heavy (non-hydrogen) atoms. The molecule has 0 aliphatic rings. The van der Waals surface area contributed by atoms with E-state index in [1.807, 2.05) is 24.3 Å². The molecule has 0 spiro atoms. The highest BCUT2D eigenvalue weighted by Gasteiger charge is 2.02. The van der Waals surface area contributed by atoms with Crippen LogP contribution in [0.3, 0.4) is 0 Å². The molecule has 3 N–H and O–H groups in total. The lowest BCUT2D eigenvalue weighted by Gasteiger charge is -2.05. The summed E-state index contributed by atoms with van der Waals surface area (Å²) < 4.78 is 0. The fourth-order valence-corrected chi connectivity index (χ4v) is 1.53. The zero-order valence-electron chi connectivity index (χ0n) is 8.05. The van der Waals surface area contributed by atoms with Gasteiger partial charge in [0, 0.05) is 10.6 Å². The highest BCUT2D eigenvalue weighted by atomic mass is 35.5. The van der Waals surface area contributed by atoms with Crippen molar-refractivity contribution in [3.63, 3.8) is 0 Å². The number of nitrogen functional groups attached to an aromatic ring is 1. The van der Waals surface area contributed by atoms with Crippen LogP contribution in [-0.4, -0.2) is 15.0 Å². The van der Waals surface area contributed by atoms with Gasteiger partial charge in [-0.25, -0.2) is 0 Å². The molecule has 5 nitrogen and oxygen atoms in total. The first kappa shape index (κ1) is 11.0. The van der Waals surface area contributed by atoms with Crippen molar-refractivity contribution in [1.82, 2.24) is 15.0 Å². The number of anilines is 3. The Morgan fingerprint density at radius 2 is 2.06 bits per heavy atom. The molecule has 0 amide bonds. The summed E-state index contributed by atoms with van der Waals surface area (Å²) in [5.74, 6) is 0.376. The fraction of sp³-hybridized carbons (Fsp3) is 0. The van der Waals surface area contributed by atoms with Crippen LogP contribution >= 0.6 is 24.2 Å². The monoisotopic (exact) mass is 253 g/mol. The maximum atomic E-state index is 5.65. The molecule has 0 aliphatic heterocycles. The molecule has 1 aromatic heterocycles. The topological polar surface area (TPSA) is 76.7 Å². The SMILES string of the molecule is Nc1nc(Cl)nc(Nc2cccc(S)c2)n1. The Bertz CT molecular complexity index is 499. The van der Waals surface area contributed by atoms with E-state index in [-0.39, 0.29) is 11.2 Å². The van der Waals surface area contributed by atoms with E-state index in [2.05, 4.69) is 32.9 Å². The zero-order valence-corrected chi connectivity index (χ0v) is 9.70. The average molecular weight is 254 g/mol. The molecule has 0 radical (unpaired) electrons. The second-order valence-corrected chi connectivity index (χ2v) is 3.82. The highest BCUT2D eigenvalue weighted by Crippen LogP contribution is 2.17. The van der Waals surface area contributed by atoms with Crippen molar-refractivity contribution in [2.75, 3.05) is 11.1 Å². The molecule has 0 saturated heterocycles. The van der Waals surface area contributed by atoms with Crippen LogP contribution in [0.25, 0.3) is 0 Å². The van der Waals surface area contributed by atoms with E-state index in [0.717, 1.165) is 10.6 Å². The van der Waals surface area contributed by atoms with Crippen LogP contribution in [0, 0.1) is 0 Å². The van der Waals surface area contributed by atoms with Gasteiger partial charge in [-0.05, 0) is 29.8 Å². The third-order valence-electron chi connectivity index (χ3n) is 1.73. The van der Waals surface area contributed by atoms with Crippen molar-refractivity contribution in [2.45, 2.75) is 4.90 Å². The molecule has 2 aromatic rings. The summed E-state index contributed by atoms with van der Waals surface area (Å²) in [5, 5.41) is 3.00. The van der Waals surface area contributed by atoms with Gasteiger partial charge in [0.15, 0.2) is 0 Å². The molecule has 1 aromatic carbocycles. The van der Waals surface area contributed by atoms with Gasteiger partial charge in [0.25, 0.3) is 0 Å². The summed E-state index contributed by atoms with van der Waals surface area (Å²) in [6.07, 6.45) is 0. The van der Waals surface area contributed by atoms with Gasteiger partial charge in [0.1, 0.15) is 0 Å². The second-order valence-electron chi connectivity index (χ2n) is 2.96. The number of rotatable bonds is 2. The first-order valence-electron chi connectivity index (χ1n) is 4.36. The van der Waals surface area contributed by atoms with E-state index in [4.69, 9.17) is 17.3 Å². The average Bonchev–Trinajstić information content (AvgIpc) is 2.15. The molecular weight excluding hydrogens is 246 g/mol. The molecule has 82 valence electrons. The van der Waals surface area contributed by atoms with E-state index in [1.54, 1.807) is 0 Å². The van der Waals surface area contributed by atoms with Crippen LogP contribution in [0.1, 0.15) is 0 Å². The minimum atomic E-state index is 0.0528. The third kappa shape index (κ3) is 2.74. The van der Waals surface area contributed by atoms with Crippen molar-refractivity contribution < 1.29 is 0 Å².